The van der Waals surface area contributed by atoms with Crippen LogP contribution in [0.2, 0.25) is 0 Å². The van der Waals surface area contributed by atoms with Crippen LogP contribution < -0.4 is 10.8 Å². The van der Waals surface area contributed by atoms with Gasteiger partial charge in [0.15, 0.2) is 23.4 Å². The van der Waals surface area contributed by atoms with Crippen molar-refractivity contribution in [3.8, 4) is 0 Å². The predicted octanol–water partition coefficient (Wildman–Crippen LogP) is 5.98. The van der Waals surface area contributed by atoms with Crippen LogP contribution in [0.25, 0.3) is 0 Å². The highest BCUT2D eigenvalue weighted by Gasteiger charge is 2.66. The molecule has 12 rings (SSSR count). The van der Waals surface area contributed by atoms with Crippen LogP contribution in [-0.4, -0.2) is 98.4 Å². The number of carboxylic acids is 1. The number of halogens is 1. The van der Waals surface area contributed by atoms with Gasteiger partial charge in [-0.05, 0) is 49.6 Å². The highest BCUT2D eigenvalue weighted by Crippen LogP contribution is 2.52. The van der Waals surface area contributed by atoms with E-state index >= 15 is 0 Å². The molecule has 8 aliphatic rings. The van der Waals surface area contributed by atoms with Crippen LogP contribution in [0.3, 0.4) is 0 Å². The van der Waals surface area contributed by atoms with Crippen LogP contribution in [-0.2, 0) is 58.7 Å². The first-order valence-corrected chi connectivity index (χ1v) is 23.9. The van der Waals surface area contributed by atoms with Crippen molar-refractivity contribution in [2.75, 3.05) is 14.2 Å². The zero-order valence-corrected chi connectivity index (χ0v) is 41.3. The number of rotatable bonds is 11. The lowest BCUT2D eigenvalue weighted by atomic mass is 9.87. The van der Waals surface area contributed by atoms with Crippen molar-refractivity contribution in [3.63, 3.8) is 0 Å². The molecule has 0 aliphatic carbocycles. The maximum atomic E-state index is 12.9. The Morgan fingerprint density at radius 2 is 0.928 bits per heavy atom. The fourth-order valence-corrected chi connectivity index (χ4v) is 10.6. The zero-order valence-electron chi connectivity index (χ0n) is 40.5. The topological polar surface area (TPSA) is 193 Å². The van der Waals surface area contributed by atoms with E-state index in [9.17, 15) is 24.3 Å². The monoisotopic (exact) mass is 969 g/mol. The van der Waals surface area contributed by atoms with Gasteiger partial charge in [0.05, 0.1) is 35.9 Å². The molecule has 370 valence electrons. The van der Waals surface area contributed by atoms with E-state index in [0.29, 0.717) is 12.0 Å². The Hall–Kier alpha value is -5.03. The molecule has 4 aromatic rings. The number of carbonyl (C=O) groups excluding carboxylic acids is 4. The largest absolute Gasteiger partial charge is 0.545 e. The van der Waals surface area contributed by atoms with Crippen LogP contribution in [0.4, 0.5) is 0 Å². The van der Waals surface area contributed by atoms with E-state index in [1.165, 1.54) is 38.0 Å². The summed E-state index contributed by atoms with van der Waals surface area (Å²) in [5, 5.41) is 10.6. The number of esters is 2. The molecule has 0 saturated carbocycles. The Bertz CT molecular complexity index is 2400. The molecule has 0 unspecified atom stereocenters. The molecular formula is C54H64ClNO13. The van der Waals surface area contributed by atoms with E-state index in [-0.39, 0.29) is 83.8 Å². The molecule has 14 nitrogen and oxygen atoms in total. The zero-order chi connectivity index (χ0) is 49.9. The summed E-state index contributed by atoms with van der Waals surface area (Å²) in [5.74, 6) is -1.52. The summed E-state index contributed by atoms with van der Waals surface area (Å²) >= 11 is 5.46. The molecule has 8 heterocycles. The summed E-state index contributed by atoms with van der Waals surface area (Å²) in [7, 11) is 2.99. The highest BCUT2D eigenvalue weighted by molar-refractivity contribution is 6.65. The number of carboxylic acid groups (broad SMARTS) is 1. The lowest BCUT2D eigenvalue weighted by Gasteiger charge is -2.39. The van der Waals surface area contributed by atoms with E-state index in [1.54, 1.807) is 19.9 Å². The van der Waals surface area contributed by atoms with E-state index in [0.717, 1.165) is 11.1 Å². The van der Waals surface area contributed by atoms with Gasteiger partial charge in [-0.3, -0.25) is 4.79 Å². The van der Waals surface area contributed by atoms with Crippen molar-refractivity contribution in [1.82, 2.24) is 0 Å². The van der Waals surface area contributed by atoms with Gasteiger partial charge in [-0.25, -0.2) is 9.59 Å². The predicted molar refractivity (Wildman–Crippen MR) is 251 cm³/mol. The van der Waals surface area contributed by atoms with Crippen molar-refractivity contribution < 1.29 is 67.9 Å². The minimum Gasteiger partial charge on any atom is -0.545 e. The second-order valence-electron chi connectivity index (χ2n) is 19.1. The molecule has 3 N–H and O–H groups in total. The molecule has 0 spiro atoms. The molecule has 8 aliphatic heterocycles. The number of hydrogen-bond acceptors (Lipinski definition) is 13. The average Bonchev–Trinajstić information content (AvgIpc) is 4.01. The Morgan fingerprint density at radius 3 is 1.33 bits per heavy atom. The molecular weight excluding hydrogens is 906 g/mol. The van der Waals surface area contributed by atoms with Gasteiger partial charge in [0, 0.05) is 49.0 Å². The minimum atomic E-state index is -1.40. The van der Waals surface area contributed by atoms with Crippen LogP contribution in [0.1, 0.15) is 91.9 Å². The first kappa shape index (κ1) is 51.8. The number of quaternary nitrogens is 1. The standard InChI is InChI=1S/C19H24O5.C17H18O6.C10H11ClO2.C8H11N/c1-10-13-11(2)15-17(16(22-13)14(10)23-15)24-18(20)19(3,21-4)12-8-6-5-7-9-12;1-7-11-8(2)13-15(14(21-11)12(7)22-13)23-17(20)10-6-4-3-5-9(10)16(18)19;1-10(13-2,9(11)12)8-6-4-3-5-7-8;1-7(9)8-5-3-2-4-6-8/h5-11,13-17H,1-4H3;3-8,11-15H,1-2H3,(H,18,19);3-7H,1-2H3;2-7H,9H2,1H3/t10-,11+,13+,14+,15-,16-,17-,19-;7-,8+,11+,12+,13-,14-,15-;10-;7-/m1110/s1. The van der Waals surface area contributed by atoms with E-state index in [2.05, 4.69) is 45.6 Å². The third-order valence-corrected chi connectivity index (χ3v) is 15.2. The summed E-state index contributed by atoms with van der Waals surface area (Å²) < 4.78 is 46.3. The van der Waals surface area contributed by atoms with Crippen molar-refractivity contribution in [2.45, 2.75) is 127 Å². The second kappa shape index (κ2) is 21.5. The third-order valence-electron chi connectivity index (χ3n) is 14.8. The van der Waals surface area contributed by atoms with Crippen LogP contribution in [0.5, 0.6) is 0 Å². The van der Waals surface area contributed by atoms with Gasteiger partial charge in [-0.15, -0.1) is 0 Å². The van der Waals surface area contributed by atoms with Crippen molar-refractivity contribution in [2.24, 2.45) is 23.7 Å². The van der Waals surface area contributed by atoms with Crippen LogP contribution in [0, 0.1) is 23.7 Å². The fraction of sp³-hybridized carbons (Fsp3) is 0.481. The molecule has 8 saturated heterocycles. The Labute approximate surface area is 409 Å². The number of benzene rings is 4. The first-order chi connectivity index (χ1) is 32.9. The van der Waals surface area contributed by atoms with Crippen molar-refractivity contribution in [3.05, 3.63) is 143 Å². The number of carbonyl (C=O) groups is 4. The molecule has 8 fully saturated rings. The van der Waals surface area contributed by atoms with E-state index in [1.807, 2.05) is 85.8 Å². The Morgan fingerprint density at radius 1 is 0.551 bits per heavy atom. The van der Waals surface area contributed by atoms with Crippen LogP contribution in [0.15, 0.2) is 115 Å². The molecule has 17 atom stereocenters. The fourth-order valence-electron chi connectivity index (χ4n) is 10.4. The van der Waals surface area contributed by atoms with Gasteiger partial charge < -0.3 is 53.5 Å². The SMILES string of the molecule is CO[C@@](C)(C(=O)Cl)c1ccccc1.CO[C@@](C)(C(=O)O[C@H]1[C@@H]2O[C@H]3[C@@H](C)[C@@H]2O[C@@H]1[C@H]3C)c1ccccc1.C[C@@H]1[C@@H]2O[C@H]3[C@H](OC(=O)c4ccccc4C(=O)[O-])[C@H](O[C@@H]13)[C@H]2C.C[C@H]([NH3+])c1ccccc1. The quantitative estimate of drug-likeness (QED) is 0.137. The van der Waals surface area contributed by atoms with Gasteiger partial charge in [0.1, 0.15) is 30.5 Å². The number of ether oxygens (including phenoxy) is 8. The summed E-state index contributed by atoms with van der Waals surface area (Å²) in [6.45, 7) is 13.8. The van der Waals surface area contributed by atoms with Gasteiger partial charge >= 0.3 is 11.9 Å². The maximum Gasteiger partial charge on any atom is 0.343 e. The smallest absolute Gasteiger partial charge is 0.343 e. The summed E-state index contributed by atoms with van der Waals surface area (Å²) in [4.78, 5) is 47.7. The number of aromatic carboxylic acids is 1. The summed E-state index contributed by atoms with van der Waals surface area (Å²) in [5.41, 5.74) is 4.38. The summed E-state index contributed by atoms with van der Waals surface area (Å²) in [6, 6.07) is 35.2. The Balaban J connectivity index is 0.000000145. The van der Waals surface area contributed by atoms with Gasteiger partial charge in [0.25, 0.3) is 5.24 Å². The lowest BCUT2D eigenvalue weighted by molar-refractivity contribution is -0.420. The molecule has 8 bridgehead atoms. The summed E-state index contributed by atoms with van der Waals surface area (Å²) in [6.07, 6.45) is -1.27. The van der Waals surface area contributed by atoms with Crippen molar-refractivity contribution in [1.29, 1.82) is 0 Å². The van der Waals surface area contributed by atoms with E-state index < -0.39 is 40.5 Å². The van der Waals surface area contributed by atoms with Gasteiger partial charge in [0.2, 0.25) is 0 Å². The third kappa shape index (κ3) is 10.1. The molecule has 15 heteroatoms. The number of hydrogen-bond donors (Lipinski definition) is 1. The lowest BCUT2D eigenvalue weighted by Crippen LogP contribution is -2.51. The highest BCUT2D eigenvalue weighted by atomic mass is 35.5. The average molecular weight is 971 g/mol. The molecule has 69 heavy (non-hydrogen) atoms. The maximum absolute atomic E-state index is 12.9. The van der Waals surface area contributed by atoms with Crippen molar-refractivity contribution >= 4 is 34.8 Å². The normalized spacial score (nSPS) is 32.6. The number of methoxy groups -OCH3 is 2. The van der Waals surface area contributed by atoms with E-state index in [4.69, 9.17) is 49.5 Å². The minimum absolute atomic E-state index is 0.00878. The first-order valence-electron chi connectivity index (χ1n) is 23.5. The molecule has 0 aromatic heterocycles. The Kier molecular flexibility index (Phi) is 16.2. The second-order valence-corrected chi connectivity index (χ2v) is 19.4. The molecule has 0 amide bonds. The molecule has 0 radical (unpaired) electrons. The van der Waals surface area contributed by atoms with Gasteiger partial charge in [-0.2, -0.15) is 0 Å². The molecule has 4 aromatic carbocycles. The van der Waals surface area contributed by atoms with Crippen LogP contribution >= 0.6 is 11.6 Å². The van der Waals surface area contributed by atoms with Gasteiger partial charge in [-0.1, -0.05) is 137 Å².